The second-order valence-electron chi connectivity index (χ2n) is 7.09. The highest BCUT2D eigenvalue weighted by atomic mass is 16.5. The van der Waals surface area contributed by atoms with Gasteiger partial charge in [-0.3, -0.25) is 9.69 Å². The lowest BCUT2D eigenvalue weighted by atomic mass is 10.0. The maximum absolute atomic E-state index is 12.5. The van der Waals surface area contributed by atoms with E-state index < -0.39 is 0 Å². The number of amides is 1. The van der Waals surface area contributed by atoms with Crippen LogP contribution >= 0.6 is 0 Å². The highest BCUT2D eigenvalue weighted by molar-refractivity contribution is 5.79. The third-order valence-electron chi connectivity index (χ3n) is 5.26. The average Bonchev–Trinajstić information content (AvgIpc) is 3.04. The lowest BCUT2D eigenvalue weighted by Crippen LogP contribution is -2.44. The molecule has 1 aromatic rings. The molecule has 3 atom stereocenters. The largest absolute Gasteiger partial charge is 0.379 e. The molecular formula is C19H29N3O2. The zero-order valence-corrected chi connectivity index (χ0v) is 14.5. The summed E-state index contributed by atoms with van der Waals surface area (Å²) in [6.07, 6.45) is 2.70. The first-order chi connectivity index (χ1) is 11.6. The fraction of sp³-hybridized carbons (Fsp3) is 0.632. The summed E-state index contributed by atoms with van der Waals surface area (Å²) in [7, 11) is 0. The minimum atomic E-state index is 0.0864. The Hall–Kier alpha value is -1.43. The predicted molar refractivity (Wildman–Crippen MR) is 94.6 cm³/mol. The van der Waals surface area contributed by atoms with Gasteiger partial charge < -0.3 is 15.8 Å². The Balaban J connectivity index is 1.65. The van der Waals surface area contributed by atoms with Gasteiger partial charge in [0.15, 0.2) is 0 Å². The van der Waals surface area contributed by atoms with E-state index in [4.69, 9.17) is 10.5 Å². The van der Waals surface area contributed by atoms with Crippen LogP contribution < -0.4 is 11.1 Å². The van der Waals surface area contributed by atoms with Crippen molar-refractivity contribution >= 4 is 5.91 Å². The number of nitrogens with two attached hydrogens (primary N) is 1. The van der Waals surface area contributed by atoms with Crippen LogP contribution in [0.3, 0.4) is 0 Å². The zero-order valence-electron chi connectivity index (χ0n) is 14.5. The molecule has 1 saturated heterocycles. The number of hydrogen-bond donors (Lipinski definition) is 2. The smallest absolute Gasteiger partial charge is 0.223 e. The number of aryl methyl sites for hydroxylation is 1. The molecule has 1 heterocycles. The number of benzene rings is 1. The van der Waals surface area contributed by atoms with Gasteiger partial charge in [-0.2, -0.15) is 0 Å². The number of carbonyl (C=O) groups is 1. The van der Waals surface area contributed by atoms with Crippen molar-refractivity contribution in [2.45, 2.75) is 38.3 Å². The Morgan fingerprint density at radius 1 is 1.29 bits per heavy atom. The van der Waals surface area contributed by atoms with Gasteiger partial charge in [-0.25, -0.2) is 0 Å². The monoisotopic (exact) mass is 331 g/mol. The van der Waals surface area contributed by atoms with Gasteiger partial charge >= 0.3 is 0 Å². The number of hydrogen-bond acceptors (Lipinski definition) is 4. The van der Waals surface area contributed by atoms with Gasteiger partial charge in [0.1, 0.15) is 0 Å². The molecule has 1 amide bonds. The molecule has 1 aromatic carbocycles. The van der Waals surface area contributed by atoms with Crippen molar-refractivity contribution in [1.82, 2.24) is 10.2 Å². The molecule has 0 spiro atoms. The minimum absolute atomic E-state index is 0.0864. The molecule has 3 unspecified atom stereocenters. The first-order valence-electron chi connectivity index (χ1n) is 9.05. The molecular weight excluding hydrogens is 302 g/mol. The normalized spacial score (nSPS) is 26.2. The molecule has 3 N–H and O–H groups in total. The summed E-state index contributed by atoms with van der Waals surface area (Å²) in [5.74, 6) is 0.247. The van der Waals surface area contributed by atoms with E-state index in [2.05, 4.69) is 41.4 Å². The third kappa shape index (κ3) is 4.35. The van der Waals surface area contributed by atoms with Gasteiger partial charge in [-0.15, -0.1) is 0 Å². The van der Waals surface area contributed by atoms with Crippen molar-refractivity contribution in [2.24, 2.45) is 11.7 Å². The van der Waals surface area contributed by atoms with Crippen molar-refractivity contribution < 1.29 is 9.53 Å². The van der Waals surface area contributed by atoms with Gasteiger partial charge in [0.25, 0.3) is 0 Å². The molecule has 132 valence electrons. The van der Waals surface area contributed by atoms with Crippen LogP contribution in [0.5, 0.6) is 0 Å². The Kier molecular flexibility index (Phi) is 5.87. The molecule has 24 heavy (non-hydrogen) atoms. The summed E-state index contributed by atoms with van der Waals surface area (Å²) in [4.78, 5) is 14.9. The van der Waals surface area contributed by atoms with Crippen molar-refractivity contribution in [3.8, 4) is 0 Å². The molecule has 0 radical (unpaired) electrons. The number of carbonyl (C=O) groups excluding carboxylic acids is 1. The lowest BCUT2D eigenvalue weighted by molar-refractivity contribution is -0.125. The van der Waals surface area contributed by atoms with Gasteiger partial charge in [-0.05, 0) is 31.7 Å². The van der Waals surface area contributed by atoms with Crippen LogP contribution in [0.15, 0.2) is 24.3 Å². The van der Waals surface area contributed by atoms with Crippen LogP contribution in [0.1, 0.15) is 36.4 Å². The third-order valence-corrected chi connectivity index (χ3v) is 5.26. The van der Waals surface area contributed by atoms with E-state index in [1.54, 1.807) is 0 Å². The highest BCUT2D eigenvalue weighted by Crippen LogP contribution is 2.25. The first kappa shape index (κ1) is 17.4. The first-order valence-corrected chi connectivity index (χ1v) is 9.05. The maximum atomic E-state index is 12.5. The molecule has 2 aliphatic rings. The molecule has 5 nitrogen and oxygen atoms in total. The van der Waals surface area contributed by atoms with Crippen molar-refractivity contribution in [2.75, 3.05) is 32.8 Å². The summed E-state index contributed by atoms with van der Waals surface area (Å²) in [6, 6.07) is 9.02. The fourth-order valence-electron chi connectivity index (χ4n) is 3.73. The Morgan fingerprint density at radius 2 is 2.00 bits per heavy atom. The predicted octanol–water partition coefficient (Wildman–Crippen LogP) is 1.61. The Labute approximate surface area is 144 Å². The number of morpholine rings is 1. The van der Waals surface area contributed by atoms with Crippen LogP contribution in [-0.2, 0) is 9.53 Å². The molecule has 0 aromatic heterocycles. The Bertz CT molecular complexity index is 540. The van der Waals surface area contributed by atoms with E-state index in [-0.39, 0.29) is 23.9 Å². The number of rotatable bonds is 5. The van der Waals surface area contributed by atoms with Crippen molar-refractivity contribution in [3.63, 3.8) is 0 Å². The maximum Gasteiger partial charge on any atom is 0.223 e. The summed E-state index contributed by atoms with van der Waals surface area (Å²) < 4.78 is 5.48. The summed E-state index contributed by atoms with van der Waals surface area (Å²) in [5, 5.41) is 3.18. The second kappa shape index (κ2) is 8.10. The van der Waals surface area contributed by atoms with E-state index in [9.17, 15) is 4.79 Å². The van der Waals surface area contributed by atoms with E-state index in [1.807, 2.05) is 0 Å². The molecule has 3 rings (SSSR count). The average molecular weight is 331 g/mol. The standard InChI is InChI=1S/C19H29N3O2/c1-14-2-4-15(5-3-14)18(22-8-10-24-11-9-22)13-21-19(23)16-6-7-17(20)12-16/h2-5,16-18H,6-13,20H2,1H3,(H,21,23). The van der Waals surface area contributed by atoms with Crippen molar-refractivity contribution in [3.05, 3.63) is 35.4 Å². The van der Waals surface area contributed by atoms with Gasteiger partial charge in [-0.1, -0.05) is 29.8 Å². The lowest BCUT2D eigenvalue weighted by Gasteiger charge is -2.35. The molecule has 0 bridgehead atoms. The van der Waals surface area contributed by atoms with Crippen molar-refractivity contribution in [1.29, 1.82) is 0 Å². The van der Waals surface area contributed by atoms with Crippen LogP contribution in [-0.4, -0.2) is 49.7 Å². The molecule has 1 saturated carbocycles. The van der Waals surface area contributed by atoms with Crippen LogP contribution in [0.2, 0.25) is 0 Å². The highest BCUT2D eigenvalue weighted by Gasteiger charge is 2.29. The summed E-state index contributed by atoms with van der Waals surface area (Å²) >= 11 is 0. The Morgan fingerprint density at radius 3 is 2.62 bits per heavy atom. The molecule has 2 fully saturated rings. The topological polar surface area (TPSA) is 67.6 Å². The molecule has 1 aliphatic heterocycles. The zero-order chi connectivity index (χ0) is 16.9. The SMILES string of the molecule is Cc1ccc(C(CNC(=O)C2CCC(N)C2)N2CCOCC2)cc1. The van der Waals surface area contributed by atoms with Crippen LogP contribution in [0.25, 0.3) is 0 Å². The molecule has 1 aliphatic carbocycles. The number of nitrogens with zero attached hydrogens (tertiary/aromatic N) is 1. The van der Waals surface area contributed by atoms with Crippen LogP contribution in [0.4, 0.5) is 0 Å². The summed E-state index contributed by atoms with van der Waals surface area (Å²) in [5.41, 5.74) is 8.45. The summed E-state index contributed by atoms with van der Waals surface area (Å²) in [6.45, 7) is 6.07. The van der Waals surface area contributed by atoms with Gasteiger partial charge in [0.2, 0.25) is 5.91 Å². The van der Waals surface area contributed by atoms with Gasteiger partial charge in [0.05, 0.1) is 19.3 Å². The second-order valence-corrected chi connectivity index (χ2v) is 7.09. The fourth-order valence-corrected chi connectivity index (χ4v) is 3.73. The van der Waals surface area contributed by atoms with Gasteiger partial charge in [0, 0.05) is 31.6 Å². The molecule has 5 heteroatoms. The van der Waals surface area contributed by atoms with E-state index in [0.717, 1.165) is 45.6 Å². The number of nitrogens with one attached hydrogen (secondary N) is 1. The minimum Gasteiger partial charge on any atom is -0.379 e. The van der Waals surface area contributed by atoms with E-state index in [0.29, 0.717) is 6.54 Å². The number of ether oxygens (including phenoxy) is 1. The van der Waals surface area contributed by atoms with E-state index >= 15 is 0 Å². The van der Waals surface area contributed by atoms with E-state index in [1.165, 1.54) is 11.1 Å². The van der Waals surface area contributed by atoms with Crippen LogP contribution in [0, 0.1) is 12.8 Å². The quantitative estimate of drug-likeness (QED) is 0.860.